The van der Waals surface area contributed by atoms with Crippen LogP contribution in [0.2, 0.25) is 0 Å². The predicted molar refractivity (Wildman–Crippen MR) is 46.9 cm³/mol. The Morgan fingerprint density at radius 2 is 2.18 bits per heavy atom. The summed E-state index contributed by atoms with van der Waals surface area (Å²) < 4.78 is 0. The van der Waals surface area contributed by atoms with Gasteiger partial charge in [0.1, 0.15) is 5.84 Å². The highest BCUT2D eigenvalue weighted by Gasteiger charge is 2.21. The van der Waals surface area contributed by atoms with Crippen molar-refractivity contribution in [1.82, 2.24) is 0 Å². The molecule has 0 heterocycles. The normalized spacial score (nSPS) is 33.7. The zero-order valence-electron chi connectivity index (χ0n) is 7.09. The van der Waals surface area contributed by atoms with Crippen LogP contribution in [-0.2, 0) is 0 Å². The van der Waals surface area contributed by atoms with Crippen LogP contribution < -0.4 is 11.6 Å². The molecule has 0 radical (unpaired) electrons. The molecule has 0 amide bonds. The number of amidine groups is 1. The van der Waals surface area contributed by atoms with Crippen LogP contribution in [0.5, 0.6) is 0 Å². The van der Waals surface area contributed by atoms with E-state index in [1.807, 2.05) is 0 Å². The molecule has 0 aromatic heterocycles. The van der Waals surface area contributed by atoms with Crippen LogP contribution in [0.4, 0.5) is 0 Å². The molecule has 3 nitrogen and oxygen atoms in total. The lowest BCUT2D eigenvalue weighted by Gasteiger charge is -2.25. The minimum absolute atomic E-state index is 0.448. The van der Waals surface area contributed by atoms with Gasteiger partial charge in [0.2, 0.25) is 0 Å². The summed E-state index contributed by atoms with van der Waals surface area (Å²) in [5, 5.41) is 3.54. The summed E-state index contributed by atoms with van der Waals surface area (Å²) in [6.45, 7) is 2.26. The van der Waals surface area contributed by atoms with Gasteiger partial charge in [-0.25, -0.2) is 0 Å². The third-order valence-electron chi connectivity index (χ3n) is 2.50. The molecule has 0 bridgehead atoms. The molecule has 1 fully saturated rings. The van der Waals surface area contributed by atoms with Gasteiger partial charge in [-0.2, -0.15) is 5.10 Å². The Morgan fingerprint density at radius 1 is 1.45 bits per heavy atom. The largest absolute Gasteiger partial charge is 0.386 e. The van der Waals surface area contributed by atoms with Gasteiger partial charge in [-0.3, -0.25) is 0 Å². The van der Waals surface area contributed by atoms with Crippen LogP contribution in [0.1, 0.15) is 32.6 Å². The highest BCUT2D eigenvalue weighted by atomic mass is 15.2. The summed E-state index contributed by atoms with van der Waals surface area (Å²) in [6.07, 6.45) is 4.92. The van der Waals surface area contributed by atoms with E-state index in [9.17, 15) is 0 Å². The van der Waals surface area contributed by atoms with Crippen molar-refractivity contribution in [3.05, 3.63) is 0 Å². The van der Waals surface area contributed by atoms with Gasteiger partial charge in [0, 0.05) is 5.92 Å². The maximum atomic E-state index is 5.63. The Bertz CT molecular complexity index is 153. The highest BCUT2D eigenvalue weighted by Crippen LogP contribution is 2.28. The Labute approximate surface area is 67.8 Å². The molecule has 2 unspecified atom stereocenters. The first kappa shape index (κ1) is 8.37. The molecule has 4 N–H and O–H groups in total. The molecule has 64 valence electrons. The standard InChI is InChI=1S/C8H17N3/c1-6-3-2-4-7(5-6)8(9)11-10/h6-7H,2-5,10H2,1H3,(H2,9,11). The lowest BCUT2D eigenvalue weighted by Crippen LogP contribution is -2.29. The molecule has 3 heteroatoms. The van der Waals surface area contributed by atoms with Gasteiger partial charge in [0.05, 0.1) is 0 Å². The van der Waals surface area contributed by atoms with E-state index in [0.717, 1.165) is 18.8 Å². The van der Waals surface area contributed by atoms with Gasteiger partial charge in [-0.05, 0) is 18.8 Å². The molecule has 0 aliphatic heterocycles. The van der Waals surface area contributed by atoms with Gasteiger partial charge in [0.25, 0.3) is 0 Å². The van der Waals surface area contributed by atoms with Crippen LogP contribution in [0.25, 0.3) is 0 Å². The first-order valence-corrected chi connectivity index (χ1v) is 4.27. The molecular formula is C8H17N3. The molecule has 1 aliphatic rings. The zero-order valence-corrected chi connectivity index (χ0v) is 7.09. The number of nitrogens with zero attached hydrogens (tertiary/aromatic N) is 1. The average molecular weight is 155 g/mol. The number of hydrogen-bond donors (Lipinski definition) is 2. The second-order valence-corrected chi connectivity index (χ2v) is 3.52. The highest BCUT2D eigenvalue weighted by molar-refractivity contribution is 5.82. The van der Waals surface area contributed by atoms with Crippen LogP contribution in [0.15, 0.2) is 5.10 Å². The van der Waals surface area contributed by atoms with Crippen molar-refractivity contribution < 1.29 is 0 Å². The van der Waals surface area contributed by atoms with Crippen molar-refractivity contribution in [2.45, 2.75) is 32.6 Å². The SMILES string of the molecule is CC1CCCC(/C(N)=N/N)C1. The minimum Gasteiger partial charge on any atom is -0.386 e. The van der Waals surface area contributed by atoms with Gasteiger partial charge in [-0.1, -0.05) is 19.8 Å². The number of rotatable bonds is 1. The van der Waals surface area contributed by atoms with Crippen molar-refractivity contribution >= 4 is 5.84 Å². The number of hydrogen-bond acceptors (Lipinski definition) is 2. The van der Waals surface area contributed by atoms with Gasteiger partial charge >= 0.3 is 0 Å². The summed E-state index contributed by atoms with van der Waals surface area (Å²) in [6, 6.07) is 0. The molecule has 1 aliphatic carbocycles. The maximum Gasteiger partial charge on any atom is 0.122 e. The van der Waals surface area contributed by atoms with E-state index in [1.165, 1.54) is 12.8 Å². The number of hydrazone groups is 1. The molecule has 2 atom stereocenters. The fourth-order valence-corrected chi connectivity index (χ4v) is 1.81. The van der Waals surface area contributed by atoms with Crippen molar-refractivity contribution in [3.8, 4) is 0 Å². The summed E-state index contributed by atoms with van der Waals surface area (Å²) in [7, 11) is 0. The van der Waals surface area contributed by atoms with Gasteiger partial charge < -0.3 is 11.6 Å². The molecule has 11 heavy (non-hydrogen) atoms. The third-order valence-corrected chi connectivity index (χ3v) is 2.50. The lowest BCUT2D eigenvalue weighted by molar-refractivity contribution is 0.338. The monoisotopic (exact) mass is 155 g/mol. The van der Waals surface area contributed by atoms with Gasteiger partial charge in [-0.15, -0.1) is 0 Å². The number of nitrogens with two attached hydrogens (primary N) is 2. The topological polar surface area (TPSA) is 64.4 Å². The Kier molecular flexibility index (Phi) is 2.74. The summed E-state index contributed by atoms with van der Waals surface area (Å²) in [5.74, 6) is 6.98. The minimum atomic E-state index is 0.448. The Hall–Kier alpha value is -0.730. The predicted octanol–water partition coefficient (Wildman–Crippen LogP) is 1.04. The van der Waals surface area contributed by atoms with Crippen molar-refractivity contribution in [1.29, 1.82) is 0 Å². The van der Waals surface area contributed by atoms with Crippen LogP contribution in [0, 0.1) is 11.8 Å². The maximum absolute atomic E-state index is 5.63. The van der Waals surface area contributed by atoms with E-state index in [4.69, 9.17) is 11.6 Å². The molecule has 0 saturated heterocycles. The van der Waals surface area contributed by atoms with Crippen molar-refractivity contribution in [3.63, 3.8) is 0 Å². The van der Waals surface area contributed by atoms with E-state index >= 15 is 0 Å². The fraction of sp³-hybridized carbons (Fsp3) is 0.875. The van der Waals surface area contributed by atoms with E-state index < -0.39 is 0 Å². The van der Waals surface area contributed by atoms with E-state index in [1.54, 1.807) is 0 Å². The Morgan fingerprint density at radius 3 is 2.73 bits per heavy atom. The Balaban J connectivity index is 2.46. The summed E-state index contributed by atoms with van der Waals surface area (Å²) in [4.78, 5) is 0. The first-order valence-electron chi connectivity index (χ1n) is 4.27. The molecule has 0 aromatic carbocycles. The molecule has 1 rings (SSSR count). The third kappa shape index (κ3) is 2.10. The molecular weight excluding hydrogens is 138 g/mol. The van der Waals surface area contributed by atoms with Crippen molar-refractivity contribution in [2.75, 3.05) is 0 Å². The average Bonchev–Trinajstić information content (AvgIpc) is 2.03. The first-order chi connectivity index (χ1) is 5.24. The molecule has 0 spiro atoms. The van der Waals surface area contributed by atoms with E-state index in [0.29, 0.717) is 11.8 Å². The van der Waals surface area contributed by atoms with Crippen LogP contribution >= 0.6 is 0 Å². The second-order valence-electron chi connectivity index (χ2n) is 3.52. The zero-order chi connectivity index (χ0) is 8.27. The lowest BCUT2D eigenvalue weighted by atomic mass is 9.82. The molecule has 0 aromatic rings. The van der Waals surface area contributed by atoms with Gasteiger partial charge in [0.15, 0.2) is 0 Å². The quantitative estimate of drug-likeness (QED) is 0.257. The summed E-state index contributed by atoms with van der Waals surface area (Å²) in [5.41, 5.74) is 5.63. The van der Waals surface area contributed by atoms with E-state index in [-0.39, 0.29) is 0 Å². The second kappa shape index (κ2) is 3.60. The van der Waals surface area contributed by atoms with E-state index in [2.05, 4.69) is 12.0 Å². The van der Waals surface area contributed by atoms with Crippen LogP contribution in [-0.4, -0.2) is 5.84 Å². The molecule has 1 saturated carbocycles. The smallest absolute Gasteiger partial charge is 0.122 e. The van der Waals surface area contributed by atoms with Crippen LogP contribution in [0.3, 0.4) is 0 Å². The van der Waals surface area contributed by atoms with Crippen molar-refractivity contribution in [2.24, 2.45) is 28.5 Å². The summed E-state index contributed by atoms with van der Waals surface area (Å²) >= 11 is 0. The fourth-order valence-electron chi connectivity index (χ4n) is 1.81.